The van der Waals surface area contributed by atoms with E-state index in [0.717, 1.165) is 19.0 Å². The fourth-order valence-corrected chi connectivity index (χ4v) is 2.02. The van der Waals surface area contributed by atoms with Crippen LogP contribution in [0.4, 0.5) is 10.7 Å². The molecule has 1 fully saturated rings. The van der Waals surface area contributed by atoms with Crippen LogP contribution in [0.25, 0.3) is 0 Å². The number of amides is 2. The number of nitrogens with one attached hydrogen (secondary N) is 1. The Bertz CT molecular complexity index is 487. The summed E-state index contributed by atoms with van der Waals surface area (Å²) in [6.07, 6.45) is 7.19. The van der Waals surface area contributed by atoms with Crippen LogP contribution in [-0.2, 0) is 0 Å². The van der Waals surface area contributed by atoms with Crippen LogP contribution in [0.15, 0.2) is 30.7 Å². The predicted molar refractivity (Wildman–Crippen MR) is 82.9 cm³/mol. The molecule has 6 nitrogen and oxygen atoms in total. The minimum absolute atomic E-state index is 0.0517. The van der Waals surface area contributed by atoms with Gasteiger partial charge in [-0.25, -0.2) is 14.8 Å². The third-order valence-electron chi connectivity index (χ3n) is 3.19. The molecule has 0 aromatic carbocycles. The summed E-state index contributed by atoms with van der Waals surface area (Å²) in [7, 11) is 0. The summed E-state index contributed by atoms with van der Waals surface area (Å²) in [5, 5.41) is 2.82. The van der Waals surface area contributed by atoms with E-state index in [1.54, 1.807) is 24.7 Å². The maximum atomic E-state index is 12.0. The second-order valence-electron chi connectivity index (χ2n) is 6.17. The third-order valence-corrected chi connectivity index (χ3v) is 3.19. The van der Waals surface area contributed by atoms with Gasteiger partial charge in [0.15, 0.2) is 0 Å². The van der Waals surface area contributed by atoms with E-state index in [4.69, 9.17) is 0 Å². The number of anilines is 1. The maximum Gasteiger partial charge on any atom is 0.321 e. The summed E-state index contributed by atoms with van der Waals surface area (Å²) in [5.74, 6) is 0.727. The first kappa shape index (κ1) is 15.3. The van der Waals surface area contributed by atoms with Gasteiger partial charge in [0.2, 0.25) is 5.95 Å². The molecule has 1 aromatic heterocycles. The van der Waals surface area contributed by atoms with Crippen molar-refractivity contribution in [2.75, 3.05) is 31.1 Å². The normalized spacial score (nSPS) is 16.3. The molecule has 1 aliphatic rings. The van der Waals surface area contributed by atoms with Crippen LogP contribution in [0.1, 0.15) is 20.8 Å². The summed E-state index contributed by atoms with van der Waals surface area (Å²) >= 11 is 0. The van der Waals surface area contributed by atoms with Crippen LogP contribution in [0.3, 0.4) is 0 Å². The van der Waals surface area contributed by atoms with Gasteiger partial charge in [0.25, 0.3) is 0 Å². The van der Waals surface area contributed by atoms with Crippen LogP contribution < -0.4 is 10.2 Å². The molecule has 114 valence electrons. The smallest absolute Gasteiger partial charge is 0.321 e. The molecule has 21 heavy (non-hydrogen) atoms. The number of carbonyl (C=O) groups excluding carboxylic acids is 1. The molecule has 1 aromatic rings. The third kappa shape index (κ3) is 4.73. The fourth-order valence-electron chi connectivity index (χ4n) is 2.02. The molecule has 0 radical (unpaired) electrons. The van der Waals surface area contributed by atoms with E-state index in [9.17, 15) is 4.79 Å². The molecule has 1 aliphatic heterocycles. The van der Waals surface area contributed by atoms with E-state index < -0.39 is 0 Å². The zero-order chi connectivity index (χ0) is 15.3. The lowest BCUT2D eigenvalue weighted by atomic mass is 9.97. The highest BCUT2D eigenvalue weighted by molar-refractivity contribution is 5.75. The first-order valence-electron chi connectivity index (χ1n) is 7.21. The average molecular weight is 289 g/mol. The summed E-state index contributed by atoms with van der Waals surface area (Å²) in [5.41, 5.74) is 0.0661. The van der Waals surface area contributed by atoms with Crippen molar-refractivity contribution < 1.29 is 4.79 Å². The number of aromatic nitrogens is 2. The lowest BCUT2D eigenvalue weighted by Crippen LogP contribution is -2.51. The molecule has 2 amide bonds. The van der Waals surface area contributed by atoms with Crippen molar-refractivity contribution in [1.82, 2.24) is 20.2 Å². The first-order valence-corrected chi connectivity index (χ1v) is 7.21. The lowest BCUT2D eigenvalue weighted by Gasteiger charge is -2.34. The van der Waals surface area contributed by atoms with Gasteiger partial charge >= 0.3 is 6.03 Å². The standard InChI is InChI=1S/C15H23N5O/c1-15(2,3)5-8-18-14(21)20-11-9-19(10-12-20)13-16-6-4-7-17-13/h4-8H,9-12H2,1-3H3,(H,18,21)/b8-5+. The molecule has 0 bridgehead atoms. The Morgan fingerprint density at radius 3 is 2.38 bits per heavy atom. The van der Waals surface area contributed by atoms with Gasteiger partial charge in [-0.2, -0.15) is 0 Å². The SMILES string of the molecule is CC(C)(C)/C=C/NC(=O)N1CCN(c2ncccn2)CC1. The Morgan fingerprint density at radius 2 is 1.81 bits per heavy atom. The summed E-state index contributed by atoms with van der Waals surface area (Å²) in [6, 6.07) is 1.75. The van der Waals surface area contributed by atoms with Crippen molar-refractivity contribution in [1.29, 1.82) is 0 Å². The molecule has 2 heterocycles. The average Bonchev–Trinajstić information content (AvgIpc) is 2.47. The number of nitrogens with zero attached hydrogens (tertiary/aromatic N) is 4. The quantitative estimate of drug-likeness (QED) is 0.903. The number of rotatable bonds is 2. The lowest BCUT2D eigenvalue weighted by molar-refractivity contribution is 0.198. The van der Waals surface area contributed by atoms with Crippen LogP contribution in [0.5, 0.6) is 0 Å². The second kappa shape index (κ2) is 6.56. The molecule has 6 heteroatoms. The molecular weight excluding hydrogens is 266 g/mol. The van der Waals surface area contributed by atoms with Gasteiger partial charge in [0.05, 0.1) is 0 Å². The van der Waals surface area contributed by atoms with Gasteiger partial charge in [-0.15, -0.1) is 0 Å². The zero-order valence-corrected chi connectivity index (χ0v) is 12.9. The zero-order valence-electron chi connectivity index (χ0n) is 12.9. The van der Waals surface area contributed by atoms with E-state index in [1.807, 2.05) is 11.0 Å². The summed E-state index contributed by atoms with van der Waals surface area (Å²) < 4.78 is 0. The molecule has 0 aliphatic carbocycles. The summed E-state index contributed by atoms with van der Waals surface area (Å²) in [6.45, 7) is 9.12. The predicted octanol–water partition coefficient (Wildman–Crippen LogP) is 1.87. The van der Waals surface area contributed by atoms with Crippen molar-refractivity contribution >= 4 is 12.0 Å². The first-order chi connectivity index (χ1) is 9.96. The largest absolute Gasteiger partial charge is 0.337 e. The number of hydrogen-bond acceptors (Lipinski definition) is 4. The van der Waals surface area contributed by atoms with E-state index >= 15 is 0 Å². The van der Waals surface area contributed by atoms with Crippen LogP contribution in [-0.4, -0.2) is 47.1 Å². The van der Waals surface area contributed by atoms with E-state index in [0.29, 0.717) is 13.1 Å². The molecule has 1 saturated heterocycles. The van der Waals surface area contributed by atoms with Gasteiger partial charge in [0, 0.05) is 44.8 Å². The molecule has 0 unspecified atom stereocenters. The Hall–Kier alpha value is -2.11. The molecule has 0 atom stereocenters. The van der Waals surface area contributed by atoms with E-state index in [1.165, 1.54) is 0 Å². The van der Waals surface area contributed by atoms with Crippen molar-refractivity contribution in [3.63, 3.8) is 0 Å². The van der Waals surface area contributed by atoms with Crippen LogP contribution in [0.2, 0.25) is 0 Å². The maximum absolute atomic E-state index is 12.0. The van der Waals surface area contributed by atoms with Crippen molar-refractivity contribution in [3.05, 3.63) is 30.7 Å². The monoisotopic (exact) mass is 289 g/mol. The molecule has 0 spiro atoms. The fraction of sp³-hybridized carbons (Fsp3) is 0.533. The van der Waals surface area contributed by atoms with Gasteiger partial charge < -0.3 is 15.1 Å². The minimum atomic E-state index is -0.0517. The Morgan fingerprint density at radius 1 is 1.19 bits per heavy atom. The highest BCUT2D eigenvalue weighted by Crippen LogP contribution is 2.14. The Balaban J connectivity index is 1.81. The Kier molecular flexibility index (Phi) is 4.77. The van der Waals surface area contributed by atoms with Gasteiger partial charge in [-0.1, -0.05) is 26.8 Å². The number of allylic oxidation sites excluding steroid dienone is 1. The second-order valence-corrected chi connectivity index (χ2v) is 6.17. The topological polar surface area (TPSA) is 61.4 Å². The highest BCUT2D eigenvalue weighted by Gasteiger charge is 2.21. The number of carbonyl (C=O) groups is 1. The highest BCUT2D eigenvalue weighted by atomic mass is 16.2. The Labute approximate surface area is 125 Å². The van der Waals surface area contributed by atoms with E-state index in [2.05, 4.69) is 41.0 Å². The van der Waals surface area contributed by atoms with Crippen molar-refractivity contribution in [2.45, 2.75) is 20.8 Å². The molecular formula is C15H23N5O. The molecule has 0 saturated carbocycles. The number of urea groups is 1. The molecule has 1 N–H and O–H groups in total. The van der Waals surface area contributed by atoms with Crippen LogP contribution >= 0.6 is 0 Å². The van der Waals surface area contributed by atoms with E-state index in [-0.39, 0.29) is 11.4 Å². The van der Waals surface area contributed by atoms with Gasteiger partial charge in [-0.3, -0.25) is 0 Å². The minimum Gasteiger partial charge on any atom is -0.337 e. The van der Waals surface area contributed by atoms with Gasteiger partial charge in [-0.05, 0) is 11.5 Å². The van der Waals surface area contributed by atoms with Crippen LogP contribution in [0, 0.1) is 5.41 Å². The van der Waals surface area contributed by atoms with Gasteiger partial charge in [0.1, 0.15) is 0 Å². The number of hydrogen-bond donors (Lipinski definition) is 1. The van der Waals surface area contributed by atoms with Crippen molar-refractivity contribution in [2.24, 2.45) is 5.41 Å². The van der Waals surface area contributed by atoms with Crippen molar-refractivity contribution in [3.8, 4) is 0 Å². The number of piperazine rings is 1. The molecule has 2 rings (SSSR count). The summed E-state index contributed by atoms with van der Waals surface area (Å²) in [4.78, 5) is 24.4.